The zero-order valence-electron chi connectivity index (χ0n) is 6.51. The van der Waals surface area contributed by atoms with Crippen molar-refractivity contribution in [2.45, 2.75) is 32.0 Å². The van der Waals surface area contributed by atoms with Crippen LogP contribution in [0.1, 0.15) is 19.8 Å². The molecule has 0 aromatic heterocycles. The van der Waals surface area contributed by atoms with E-state index in [9.17, 15) is 0 Å². The van der Waals surface area contributed by atoms with E-state index in [0.29, 0.717) is 6.10 Å². The summed E-state index contributed by atoms with van der Waals surface area (Å²) in [5, 5.41) is 0. The summed E-state index contributed by atoms with van der Waals surface area (Å²) in [7, 11) is 0. The van der Waals surface area contributed by atoms with Gasteiger partial charge in [0, 0.05) is 6.61 Å². The fourth-order valence-corrected chi connectivity index (χ4v) is 0.771. The van der Waals surface area contributed by atoms with Gasteiger partial charge in [0.15, 0.2) is 0 Å². The first-order valence-corrected chi connectivity index (χ1v) is 3.85. The first-order chi connectivity index (χ1) is 4.83. The highest BCUT2D eigenvalue weighted by molar-refractivity contribution is 4.65. The second-order valence-corrected chi connectivity index (χ2v) is 2.71. The SMILES string of the molecule is [CH2]CC(C)OCC1CCO1. The Balaban J connectivity index is 1.93. The summed E-state index contributed by atoms with van der Waals surface area (Å²) in [4.78, 5) is 0. The molecule has 2 atom stereocenters. The summed E-state index contributed by atoms with van der Waals surface area (Å²) in [5.74, 6) is 0. The number of ether oxygens (including phenoxy) is 2. The lowest BCUT2D eigenvalue weighted by Gasteiger charge is -2.27. The molecule has 1 heterocycles. The van der Waals surface area contributed by atoms with Crippen LogP contribution in [-0.2, 0) is 9.47 Å². The van der Waals surface area contributed by atoms with Crippen molar-refractivity contribution in [2.75, 3.05) is 13.2 Å². The molecule has 0 aromatic carbocycles. The van der Waals surface area contributed by atoms with Crippen LogP contribution in [0.5, 0.6) is 0 Å². The van der Waals surface area contributed by atoms with Crippen molar-refractivity contribution < 1.29 is 9.47 Å². The van der Waals surface area contributed by atoms with E-state index < -0.39 is 0 Å². The molecule has 2 heteroatoms. The first-order valence-electron chi connectivity index (χ1n) is 3.85. The Morgan fingerprint density at radius 2 is 2.50 bits per heavy atom. The first kappa shape index (κ1) is 8.02. The van der Waals surface area contributed by atoms with Crippen LogP contribution in [0.2, 0.25) is 0 Å². The van der Waals surface area contributed by atoms with Crippen LogP contribution < -0.4 is 0 Å². The molecule has 10 heavy (non-hydrogen) atoms. The van der Waals surface area contributed by atoms with Gasteiger partial charge in [-0.15, -0.1) is 0 Å². The molecule has 59 valence electrons. The number of hydrogen-bond donors (Lipinski definition) is 0. The number of rotatable bonds is 4. The molecule has 0 aromatic rings. The fourth-order valence-electron chi connectivity index (χ4n) is 0.771. The summed E-state index contributed by atoms with van der Waals surface area (Å²) in [6, 6.07) is 0. The lowest BCUT2D eigenvalue weighted by atomic mass is 10.2. The topological polar surface area (TPSA) is 18.5 Å². The quantitative estimate of drug-likeness (QED) is 0.592. The fraction of sp³-hybridized carbons (Fsp3) is 0.875. The van der Waals surface area contributed by atoms with Gasteiger partial charge >= 0.3 is 0 Å². The minimum Gasteiger partial charge on any atom is -0.376 e. The van der Waals surface area contributed by atoms with E-state index in [1.165, 1.54) is 0 Å². The normalized spacial score (nSPS) is 27.6. The van der Waals surface area contributed by atoms with Gasteiger partial charge in [-0.25, -0.2) is 0 Å². The minimum absolute atomic E-state index is 0.282. The molecule has 1 rings (SSSR count). The number of hydrogen-bond acceptors (Lipinski definition) is 2. The predicted molar refractivity (Wildman–Crippen MR) is 39.7 cm³/mol. The van der Waals surface area contributed by atoms with Crippen molar-refractivity contribution in [1.82, 2.24) is 0 Å². The molecule has 0 amide bonds. The molecular weight excluding hydrogens is 128 g/mol. The third-order valence-corrected chi connectivity index (χ3v) is 1.77. The van der Waals surface area contributed by atoms with Crippen molar-refractivity contribution in [2.24, 2.45) is 0 Å². The van der Waals surface area contributed by atoms with Gasteiger partial charge in [-0.05, 0) is 19.8 Å². The van der Waals surface area contributed by atoms with Crippen molar-refractivity contribution in [3.63, 3.8) is 0 Å². The van der Waals surface area contributed by atoms with Gasteiger partial charge in [-0.3, -0.25) is 0 Å². The van der Waals surface area contributed by atoms with E-state index in [0.717, 1.165) is 26.1 Å². The third-order valence-electron chi connectivity index (χ3n) is 1.77. The zero-order chi connectivity index (χ0) is 7.40. The van der Waals surface area contributed by atoms with E-state index in [-0.39, 0.29) is 6.10 Å². The van der Waals surface area contributed by atoms with Crippen LogP contribution >= 0.6 is 0 Å². The van der Waals surface area contributed by atoms with Gasteiger partial charge in [-0.2, -0.15) is 0 Å². The van der Waals surface area contributed by atoms with E-state index >= 15 is 0 Å². The molecule has 0 N–H and O–H groups in total. The van der Waals surface area contributed by atoms with Crippen molar-refractivity contribution in [3.8, 4) is 0 Å². The molecule has 0 saturated carbocycles. The van der Waals surface area contributed by atoms with Gasteiger partial charge in [0.1, 0.15) is 0 Å². The average molecular weight is 143 g/mol. The predicted octanol–water partition coefficient (Wildman–Crippen LogP) is 1.40. The van der Waals surface area contributed by atoms with Gasteiger partial charge in [0.05, 0.1) is 18.8 Å². The second kappa shape index (κ2) is 3.94. The molecule has 2 unspecified atom stereocenters. The lowest BCUT2D eigenvalue weighted by molar-refractivity contribution is -0.106. The summed E-state index contributed by atoms with van der Waals surface area (Å²) in [6.45, 7) is 7.43. The van der Waals surface area contributed by atoms with E-state index in [4.69, 9.17) is 9.47 Å². The summed E-state index contributed by atoms with van der Waals surface area (Å²) < 4.78 is 10.6. The van der Waals surface area contributed by atoms with Crippen molar-refractivity contribution in [1.29, 1.82) is 0 Å². The Morgan fingerprint density at radius 1 is 1.80 bits per heavy atom. The summed E-state index contributed by atoms with van der Waals surface area (Å²) >= 11 is 0. The van der Waals surface area contributed by atoms with Gasteiger partial charge in [0.2, 0.25) is 0 Å². The Kier molecular flexibility index (Phi) is 3.16. The molecule has 1 fully saturated rings. The van der Waals surface area contributed by atoms with Gasteiger partial charge in [-0.1, -0.05) is 6.92 Å². The Bertz CT molecular complexity index is 84.5. The molecule has 0 bridgehead atoms. The maximum atomic E-state index is 5.41. The van der Waals surface area contributed by atoms with Gasteiger partial charge < -0.3 is 9.47 Å². The smallest absolute Gasteiger partial charge is 0.0830 e. The van der Waals surface area contributed by atoms with Crippen LogP contribution in [0.25, 0.3) is 0 Å². The monoisotopic (exact) mass is 143 g/mol. The minimum atomic E-state index is 0.282. The largest absolute Gasteiger partial charge is 0.376 e. The molecule has 2 nitrogen and oxygen atoms in total. The third kappa shape index (κ3) is 2.27. The maximum absolute atomic E-state index is 5.41. The molecule has 0 aliphatic carbocycles. The van der Waals surface area contributed by atoms with Crippen LogP contribution in [0.3, 0.4) is 0 Å². The van der Waals surface area contributed by atoms with Crippen LogP contribution in [0.4, 0.5) is 0 Å². The zero-order valence-corrected chi connectivity index (χ0v) is 6.51. The molecule has 1 radical (unpaired) electrons. The molecule has 0 spiro atoms. The van der Waals surface area contributed by atoms with Crippen LogP contribution in [0, 0.1) is 6.92 Å². The lowest BCUT2D eigenvalue weighted by Crippen LogP contribution is -2.32. The Morgan fingerprint density at radius 3 is 2.90 bits per heavy atom. The van der Waals surface area contributed by atoms with E-state index in [1.54, 1.807) is 0 Å². The Labute approximate surface area is 62.5 Å². The highest BCUT2D eigenvalue weighted by atomic mass is 16.5. The standard InChI is InChI=1S/C8H15O2/c1-3-7(2)10-6-8-4-5-9-8/h7-8H,1,3-6H2,2H3. The average Bonchev–Trinajstić information content (AvgIpc) is 1.84. The van der Waals surface area contributed by atoms with E-state index in [2.05, 4.69) is 6.92 Å². The second-order valence-electron chi connectivity index (χ2n) is 2.71. The molecule has 1 saturated heterocycles. The highest BCUT2D eigenvalue weighted by Crippen LogP contribution is 2.11. The summed E-state index contributed by atoms with van der Waals surface area (Å²) in [6.07, 6.45) is 2.65. The van der Waals surface area contributed by atoms with Crippen LogP contribution in [-0.4, -0.2) is 25.4 Å². The highest BCUT2D eigenvalue weighted by Gasteiger charge is 2.18. The summed E-state index contributed by atoms with van der Waals surface area (Å²) in [5.41, 5.74) is 0. The van der Waals surface area contributed by atoms with Crippen molar-refractivity contribution in [3.05, 3.63) is 6.92 Å². The maximum Gasteiger partial charge on any atom is 0.0830 e. The van der Waals surface area contributed by atoms with Gasteiger partial charge in [0.25, 0.3) is 0 Å². The molecular formula is C8H15O2. The molecule has 1 aliphatic rings. The van der Waals surface area contributed by atoms with E-state index in [1.807, 2.05) is 6.92 Å². The molecule has 1 aliphatic heterocycles. The Hall–Kier alpha value is -0.0800. The van der Waals surface area contributed by atoms with Crippen molar-refractivity contribution >= 4 is 0 Å². The van der Waals surface area contributed by atoms with Crippen LogP contribution in [0.15, 0.2) is 0 Å².